The van der Waals surface area contributed by atoms with Gasteiger partial charge in [-0.2, -0.15) is 0 Å². The summed E-state index contributed by atoms with van der Waals surface area (Å²) in [5.41, 5.74) is 8.07. The number of aliphatic hydroxyl groups is 8. The summed E-state index contributed by atoms with van der Waals surface area (Å²) in [6.45, 7) is 10.3. The topological polar surface area (TPSA) is 370 Å². The fraction of sp³-hybridized carbons (Fsp3) is 0.500. The molecule has 0 spiro atoms. The first kappa shape index (κ1) is 97.4. The summed E-state index contributed by atoms with van der Waals surface area (Å²) in [5, 5.41) is 85.9. The molecule has 0 unspecified atom stereocenters. The van der Waals surface area contributed by atoms with Crippen molar-refractivity contribution in [2.24, 2.45) is 68.0 Å². The molecule has 14 aliphatic rings. The van der Waals surface area contributed by atoms with Gasteiger partial charge in [0.1, 0.15) is 26.1 Å². The molecular weight excluding hydrogens is 1710 g/mol. The number of carbonyl (C=O) groups excluding carboxylic acids is 7. The fourth-order valence-electron chi connectivity index (χ4n) is 28.0. The van der Waals surface area contributed by atoms with E-state index in [4.69, 9.17) is 30.4 Å². The lowest BCUT2D eigenvalue weighted by atomic mass is 9.44. The van der Waals surface area contributed by atoms with Gasteiger partial charge in [0.15, 0.2) is 81.1 Å². The van der Waals surface area contributed by atoms with Crippen LogP contribution in [0.25, 0.3) is 0 Å². The summed E-state index contributed by atoms with van der Waals surface area (Å²) >= 11 is 0. The summed E-state index contributed by atoms with van der Waals surface area (Å²) in [6, 6.07) is 47.9. The molecule has 12 aliphatic carbocycles. The van der Waals surface area contributed by atoms with Gasteiger partial charge in [0.25, 0.3) is 0 Å². The van der Waals surface area contributed by atoms with Crippen molar-refractivity contribution in [1.29, 1.82) is 0 Å². The third-order valence-corrected chi connectivity index (χ3v) is 35.0. The zero-order valence-electron chi connectivity index (χ0n) is 76.4. The van der Waals surface area contributed by atoms with E-state index in [1.54, 1.807) is 39.8 Å². The van der Waals surface area contributed by atoms with Crippen LogP contribution in [0.5, 0.6) is 0 Å². The van der Waals surface area contributed by atoms with E-state index in [2.05, 4.69) is 43.3 Å². The van der Waals surface area contributed by atoms with Crippen LogP contribution in [-0.2, 0) is 86.2 Å². The maximum absolute atomic E-state index is 17.5. The van der Waals surface area contributed by atoms with Crippen molar-refractivity contribution in [3.63, 3.8) is 0 Å². The monoisotopic (exact) mass is 1840 g/mol. The Morgan fingerprint density at radius 1 is 0.425 bits per heavy atom. The molecule has 0 amide bonds. The van der Waals surface area contributed by atoms with Gasteiger partial charge in [-0.25, -0.2) is 13.2 Å². The second kappa shape index (κ2) is 36.0. The van der Waals surface area contributed by atoms with E-state index in [-0.39, 0.29) is 62.3 Å². The van der Waals surface area contributed by atoms with E-state index in [1.807, 2.05) is 123 Å². The Morgan fingerprint density at radius 2 is 0.754 bits per heavy atom. The van der Waals surface area contributed by atoms with Crippen molar-refractivity contribution in [2.45, 2.75) is 254 Å². The molecule has 9 saturated carbocycles. The van der Waals surface area contributed by atoms with Gasteiger partial charge in [-0.3, -0.25) is 33.6 Å². The fourth-order valence-corrected chi connectivity index (χ4v) is 28.0. The quantitative estimate of drug-likeness (QED) is 0.0282. The highest BCUT2D eigenvalue weighted by Crippen LogP contribution is 2.76. The number of nitrogen functional groups attached to an aromatic ring is 2. The second-order valence-corrected chi connectivity index (χ2v) is 41.5. The number of benzene rings is 6. The summed E-state index contributed by atoms with van der Waals surface area (Å²) in [6.07, 6.45) is 14.0. The SMILES string of the molecule is C.C[C@]12C=CC(=O)C=C1CC[C@H]1[C@@H]3C[C@@H](O)[C@](O)(C(=O)CO)[C@@]3(C)C[C@H](O)[C@@]12F.C[C@]12C=CC(=O)C=C1CC[C@H]1[C@@H]3C[C@H]4O[C@@H](c5ccc(CCc6cccc(N)c6)cc5)O[C@@]4(C(=O)CO)[C@@]3(C)C[C@H](O)[C@@]12F.C[C@]12C=CC(=O)C=C1CC[C@H]1[C@@H]3C[C@H]4O[C@H](c5ccc(CCc6cccc(N)c6)cc5)O[C@@]4(C(=O)CO)[C@@]3(C)C[C@H](O)[C@@]12F.Cc1cccc(CCc2ccc(C=O)cc2)c1. The molecule has 2 saturated heterocycles. The van der Waals surface area contributed by atoms with Crippen LogP contribution in [0.15, 0.2) is 217 Å². The normalized spacial score (nSPS) is 38.9. The Labute approximate surface area is 781 Å². The molecular formula is C110H127F3N2O19. The maximum Gasteiger partial charge on any atom is 0.193 e. The van der Waals surface area contributed by atoms with Crippen LogP contribution in [0.4, 0.5) is 24.5 Å². The predicted molar refractivity (Wildman–Crippen MR) is 498 cm³/mol. The van der Waals surface area contributed by atoms with Crippen LogP contribution in [0, 0.1) is 74.9 Å². The number of fused-ring (bicyclic) bond motifs is 19. The number of rotatable bonds is 18. The number of nitrogens with two attached hydrogens (primary N) is 2. The third-order valence-electron chi connectivity index (χ3n) is 35.0. The second-order valence-electron chi connectivity index (χ2n) is 41.5. The highest BCUT2D eigenvalue weighted by atomic mass is 19.2. The van der Waals surface area contributed by atoms with Crippen molar-refractivity contribution < 1.29 is 107 Å². The molecule has 21 nitrogen and oxygen atoms in total. The van der Waals surface area contributed by atoms with E-state index < -0.39 is 176 Å². The summed E-state index contributed by atoms with van der Waals surface area (Å²) in [4.78, 5) is 86.5. The zero-order valence-corrected chi connectivity index (χ0v) is 76.4. The lowest BCUT2D eigenvalue weighted by Crippen LogP contribution is -2.69. The number of allylic oxidation sites excluding steroid dienone is 12. The summed E-state index contributed by atoms with van der Waals surface area (Å²) in [5.74, 6) is -5.57. The van der Waals surface area contributed by atoms with Crippen LogP contribution in [0.2, 0.25) is 0 Å². The molecule has 6 aromatic carbocycles. The van der Waals surface area contributed by atoms with Crippen LogP contribution in [0.3, 0.4) is 0 Å². The molecule has 712 valence electrons. The number of hydrogen-bond donors (Lipinski definition) is 10. The largest absolute Gasteiger partial charge is 0.399 e. The summed E-state index contributed by atoms with van der Waals surface area (Å²) in [7, 11) is 0. The van der Waals surface area contributed by atoms with Gasteiger partial charge in [0.2, 0.25) is 0 Å². The third kappa shape index (κ3) is 15.1. The van der Waals surface area contributed by atoms with Gasteiger partial charge in [-0.15, -0.1) is 0 Å². The molecule has 0 radical (unpaired) electrons. The van der Waals surface area contributed by atoms with E-state index in [1.165, 1.54) is 59.2 Å². The van der Waals surface area contributed by atoms with Crippen molar-refractivity contribution in [2.75, 3.05) is 31.3 Å². The van der Waals surface area contributed by atoms with Crippen molar-refractivity contribution in [3.05, 3.63) is 273 Å². The van der Waals surface area contributed by atoms with Gasteiger partial charge >= 0.3 is 0 Å². The number of aldehydes is 1. The molecule has 6 aromatic rings. The molecule has 11 fully saturated rings. The minimum absolute atomic E-state index is 0. The molecule has 0 bridgehead atoms. The number of anilines is 2. The van der Waals surface area contributed by atoms with Crippen LogP contribution >= 0.6 is 0 Å². The summed E-state index contributed by atoms with van der Waals surface area (Å²) < 4.78 is 78.1. The number of aliphatic hydroxyl groups excluding tert-OH is 7. The number of aryl methyl sites for hydroxylation is 7. The number of alkyl halides is 3. The average Bonchev–Trinajstić information content (AvgIpc) is 1.49. The molecule has 20 rings (SSSR count). The molecule has 12 N–H and O–H groups in total. The number of ketones is 6. The minimum atomic E-state index is -2.23. The smallest absolute Gasteiger partial charge is 0.193 e. The lowest BCUT2D eigenvalue weighted by Gasteiger charge is -2.62. The molecule has 24 heteroatoms. The Bertz CT molecular complexity index is 5540. The number of halogens is 3. The standard InChI is InChI=1S/2C36H40FNO6.C21H27FO6.C16H16O.CH4/c2*1-33-15-14-26(40)17-24(33)12-13-27-28-18-31-36(30(42)20-39,34(28,2)19-29(41)35(27,33)37)44-32(43-31)23-10-8-21(9-11-23)6-7-22-4-3-5-25(38)16-22;1-18-6-5-12(24)7-11(18)3-4-13-14-8-15(25)21(28,17(27)10-23)19(14,2)9-16(26)20(13,18)22;1-13-3-2-4-15(11-13)8-5-14-6-9-16(12-17)10-7-14;/h2*3-5,8-11,14-17,27-29,31-32,39,41H,6-7,12-13,18-20,38H2,1-2H3;5-7,13-16,23,25-26,28H,3-4,8-10H2,1-2H3;2-4,6-7,9-12H,5,8H2,1H3;1H4/t27-,28-,29-,31+,32+,33-,34-,35-,36+;27-,28-,29-,31+,32-,33-,34-,35-,36+;13-,14-,15+,16-,18-,19-,20-,21-;;/m000../s1. The van der Waals surface area contributed by atoms with E-state index in [0.717, 1.165) is 95.1 Å². The molecule has 0 aromatic heterocycles. The number of Topliss-reactive ketones (excluding diaryl/α,β-unsaturated/α-hetero) is 3. The van der Waals surface area contributed by atoms with Gasteiger partial charge < -0.3 is 71.3 Å². The highest BCUT2D eigenvalue weighted by Gasteiger charge is 2.83. The Kier molecular flexibility index (Phi) is 26.2. The van der Waals surface area contributed by atoms with E-state index in [9.17, 15) is 74.4 Å². The van der Waals surface area contributed by atoms with Gasteiger partial charge in [0.05, 0.1) is 36.6 Å². The van der Waals surface area contributed by atoms with Crippen LogP contribution in [-0.4, -0.2) is 172 Å². The number of ether oxygens (including phenoxy) is 4. The van der Waals surface area contributed by atoms with Gasteiger partial charge in [-0.1, -0.05) is 190 Å². The molecule has 26 atom stereocenters. The predicted octanol–water partition coefficient (Wildman–Crippen LogP) is 14.3. The lowest BCUT2D eigenvalue weighted by molar-refractivity contribution is -0.231. The zero-order chi connectivity index (χ0) is 94.9. The number of hydrogen-bond acceptors (Lipinski definition) is 21. The first-order valence-corrected chi connectivity index (χ1v) is 47.1. The first-order chi connectivity index (χ1) is 63.2. The van der Waals surface area contributed by atoms with E-state index >= 15 is 13.2 Å². The Balaban J connectivity index is 0.000000137. The van der Waals surface area contributed by atoms with Crippen molar-refractivity contribution >= 4 is 52.4 Å². The Hall–Kier alpha value is -9.64. The Morgan fingerprint density at radius 3 is 1.10 bits per heavy atom. The highest BCUT2D eigenvalue weighted by molar-refractivity contribution is 6.03. The molecule has 2 aliphatic heterocycles. The molecule has 134 heavy (non-hydrogen) atoms. The van der Waals surface area contributed by atoms with E-state index in [0.29, 0.717) is 68.1 Å². The van der Waals surface area contributed by atoms with Gasteiger partial charge in [0, 0.05) is 78.3 Å². The van der Waals surface area contributed by atoms with Crippen LogP contribution in [0.1, 0.15) is 199 Å². The maximum atomic E-state index is 17.5. The average molecular weight is 1840 g/mol. The van der Waals surface area contributed by atoms with Crippen molar-refractivity contribution in [3.8, 4) is 0 Å². The first-order valence-electron chi connectivity index (χ1n) is 47.1. The minimum Gasteiger partial charge on any atom is -0.399 e. The number of carbonyl (C=O) groups is 7. The molecule has 2 heterocycles. The van der Waals surface area contributed by atoms with Crippen LogP contribution < -0.4 is 11.5 Å². The van der Waals surface area contributed by atoms with Gasteiger partial charge in [-0.05, 0) is 255 Å². The van der Waals surface area contributed by atoms with Crippen molar-refractivity contribution in [1.82, 2.24) is 0 Å².